The first-order chi connectivity index (χ1) is 10.8. The third-order valence-corrected chi connectivity index (χ3v) is 3.82. The molecule has 0 amide bonds. The van der Waals surface area contributed by atoms with E-state index in [2.05, 4.69) is 27.5 Å². The summed E-state index contributed by atoms with van der Waals surface area (Å²) in [5.41, 5.74) is 3.00. The average Bonchev–Trinajstić information content (AvgIpc) is 3.13. The minimum Gasteiger partial charge on any atom is -0.453 e. The minimum absolute atomic E-state index is 0.673. The number of para-hydroxylation sites is 1. The highest BCUT2D eigenvalue weighted by atomic mass is 16.3. The molecule has 0 spiro atoms. The molecule has 4 aromatic rings. The van der Waals surface area contributed by atoms with Crippen molar-refractivity contribution in [2.75, 3.05) is 0 Å². The van der Waals surface area contributed by atoms with Crippen molar-refractivity contribution in [1.82, 2.24) is 14.5 Å². The molecular formula is C18H15N3O. The molecule has 108 valence electrons. The Bertz CT molecular complexity index is 922. The number of fused-ring (bicyclic) bond motifs is 1. The molecule has 0 bridgehead atoms. The Hall–Kier alpha value is -2.88. The molecule has 0 fully saturated rings. The lowest BCUT2D eigenvalue weighted by atomic mass is 10.1. The van der Waals surface area contributed by atoms with E-state index in [4.69, 9.17) is 4.42 Å². The molecule has 4 rings (SSSR count). The number of benzene rings is 1. The van der Waals surface area contributed by atoms with Crippen LogP contribution in [0.4, 0.5) is 0 Å². The molecule has 22 heavy (non-hydrogen) atoms. The number of aryl methyl sites for hydroxylation is 1. The van der Waals surface area contributed by atoms with Crippen molar-refractivity contribution in [3.05, 3.63) is 72.3 Å². The Labute approximate surface area is 128 Å². The molecule has 0 saturated heterocycles. The highest BCUT2D eigenvalue weighted by Gasteiger charge is 2.16. The molecule has 0 aliphatic heterocycles. The monoisotopic (exact) mass is 289 g/mol. The van der Waals surface area contributed by atoms with E-state index >= 15 is 0 Å². The number of hydrogen-bond donors (Lipinski definition) is 0. The molecule has 0 unspecified atom stereocenters. The van der Waals surface area contributed by atoms with E-state index in [1.165, 1.54) is 0 Å². The zero-order chi connectivity index (χ0) is 14.9. The number of aromatic nitrogens is 3. The van der Waals surface area contributed by atoms with Gasteiger partial charge in [-0.15, -0.1) is 0 Å². The number of pyridine rings is 1. The van der Waals surface area contributed by atoms with Gasteiger partial charge in [-0.1, -0.05) is 24.3 Å². The second-order valence-electron chi connectivity index (χ2n) is 5.25. The zero-order valence-electron chi connectivity index (χ0n) is 12.2. The maximum absolute atomic E-state index is 6.02. The second-order valence-corrected chi connectivity index (χ2v) is 5.25. The maximum atomic E-state index is 6.02. The van der Waals surface area contributed by atoms with Gasteiger partial charge in [-0.2, -0.15) is 0 Å². The smallest absolute Gasteiger partial charge is 0.176 e. The van der Waals surface area contributed by atoms with E-state index < -0.39 is 0 Å². The molecular weight excluding hydrogens is 274 g/mol. The van der Waals surface area contributed by atoms with E-state index in [-0.39, 0.29) is 0 Å². The van der Waals surface area contributed by atoms with Crippen LogP contribution in [-0.2, 0) is 6.54 Å². The van der Waals surface area contributed by atoms with Crippen LogP contribution in [0.15, 0.2) is 65.5 Å². The van der Waals surface area contributed by atoms with Crippen LogP contribution in [-0.4, -0.2) is 14.5 Å². The highest BCUT2D eigenvalue weighted by molar-refractivity contribution is 5.86. The van der Waals surface area contributed by atoms with Gasteiger partial charge >= 0.3 is 0 Å². The van der Waals surface area contributed by atoms with Crippen LogP contribution < -0.4 is 0 Å². The molecule has 0 aliphatic carbocycles. The largest absolute Gasteiger partial charge is 0.453 e. The van der Waals surface area contributed by atoms with Gasteiger partial charge in [0.15, 0.2) is 11.6 Å². The van der Waals surface area contributed by atoms with Crippen molar-refractivity contribution < 1.29 is 4.42 Å². The van der Waals surface area contributed by atoms with Crippen LogP contribution in [0.3, 0.4) is 0 Å². The fourth-order valence-corrected chi connectivity index (χ4v) is 2.70. The Kier molecular flexibility index (Phi) is 3.00. The summed E-state index contributed by atoms with van der Waals surface area (Å²) in [7, 11) is 0. The van der Waals surface area contributed by atoms with Crippen molar-refractivity contribution in [2.45, 2.75) is 13.5 Å². The first-order valence-electron chi connectivity index (χ1n) is 7.22. The lowest BCUT2D eigenvalue weighted by Gasteiger charge is -2.06. The summed E-state index contributed by atoms with van der Waals surface area (Å²) in [6.07, 6.45) is 5.56. The Morgan fingerprint density at radius 2 is 1.86 bits per heavy atom. The minimum atomic E-state index is 0.673. The summed E-state index contributed by atoms with van der Waals surface area (Å²) in [4.78, 5) is 8.85. The molecule has 0 radical (unpaired) electrons. The standard InChI is InChI=1S/C18H15N3O/c1-13-15-7-2-3-8-16(15)22-17(13)18-20-10-11-21(18)12-14-6-4-5-9-19-14/h2-11H,12H2,1H3. The van der Waals surface area contributed by atoms with Crippen LogP contribution in [0.25, 0.3) is 22.6 Å². The summed E-state index contributed by atoms with van der Waals surface area (Å²) in [5, 5.41) is 1.13. The summed E-state index contributed by atoms with van der Waals surface area (Å²) in [6.45, 7) is 2.74. The number of hydrogen-bond acceptors (Lipinski definition) is 3. The normalized spacial score (nSPS) is 11.1. The number of furan rings is 1. The fraction of sp³-hybridized carbons (Fsp3) is 0.111. The third kappa shape index (κ3) is 2.09. The van der Waals surface area contributed by atoms with Crippen molar-refractivity contribution >= 4 is 11.0 Å². The lowest BCUT2D eigenvalue weighted by Crippen LogP contribution is -2.02. The molecule has 4 nitrogen and oxygen atoms in total. The van der Waals surface area contributed by atoms with Gasteiger partial charge in [-0.3, -0.25) is 4.98 Å². The van der Waals surface area contributed by atoms with Gasteiger partial charge in [-0.05, 0) is 25.1 Å². The molecule has 1 aromatic carbocycles. The van der Waals surface area contributed by atoms with Crippen molar-refractivity contribution in [2.24, 2.45) is 0 Å². The quantitative estimate of drug-likeness (QED) is 0.571. The van der Waals surface area contributed by atoms with Gasteiger partial charge in [0.05, 0.1) is 12.2 Å². The van der Waals surface area contributed by atoms with Crippen molar-refractivity contribution in [3.63, 3.8) is 0 Å². The molecule has 0 aliphatic rings. The zero-order valence-corrected chi connectivity index (χ0v) is 12.2. The second kappa shape index (κ2) is 5.15. The maximum Gasteiger partial charge on any atom is 0.176 e. The topological polar surface area (TPSA) is 43.9 Å². The summed E-state index contributed by atoms with van der Waals surface area (Å²) in [6, 6.07) is 14.0. The van der Waals surface area contributed by atoms with E-state index in [1.54, 1.807) is 12.4 Å². The van der Waals surface area contributed by atoms with E-state index in [0.29, 0.717) is 6.54 Å². The van der Waals surface area contributed by atoms with Gasteiger partial charge in [0.1, 0.15) is 5.58 Å². The van der Waals surface area contributed by atoms with Crippen LogP contribution >= 0.6 is 0 Å². The summed E-state index contributed by atoms with van der Waals surface area (Å²) in [5.74, 6) is 1.65. The van der Waals surface area contributed by atoms with E-state index in [0.717, 1.165) is 33.8 Å². The lowest BCUT2D eigenvalue weighted by molar-refractivity contribution is 0.613. The van der Waals surface area contributed by atoms with Crippen LogP contribution in [0.5, 0.6) is 0 Å². The molecule has 0 saturated carbocycles. The molecule has 4 heteroatoms. The highest BCUT2D eigenvalue weighted by Crippen LogP contribution is 2.32. The predicted molar refractivity (Wildman–Crippen MR) is 85.5 cm³/mol. The summed E-state index contributed by atoms with van der Waals surface area (Å²) >= 11 is 0. The van der Waals surface area contributed by atoms with Gasteiger partial charge < -0.3 is 8.98 Å². The first kappa shape index (κ1) is 12.8. The average molecular weight is 289 g/mol. The van der Waals surface area contributed by atoms with Gasteiger partial charge in [0, 0.05) is 29.5 Å². The van der Waals surface area contributed by atoms with E-state index in [1.807, 2.05) is 42.6 Å². The van der Waals surface area contributed by atoms with Crippen molar-refractivity contribution in [1.29, 1.82) is 0 Å². The fourth-order valence-electron chi connectivity index (χ4n) is 2.70. The first-order valence-corrected chi connectivity index (χ1v) is 7.22. The molecule has 0 N–H and O–H groups in total. The van der Waals surface area contributed by atoms with Gasteiger partial charge in [0.25, 0.3) is 0 Å². The number of rotatable bonds is 3. The van der Waals surface area contributed by atoms with Crippen molar-refractivity contribution in [3.8, 4) is 11.6 Å². The van der Waals surface area contributed by atoms with Crippen LogP contribution in [0.1, 0.15) is 11.3 Å². The Balaban J connectivity index is 1.80. The van der Waals surface area contributed by atoms with Crippen LogP contribution in [0.2, 0.25) is 0 Å². The third-order valence-electron chi connectivity index (χ3n) is 3.82. The number of imidazole rings is 1. The Morgan fingerprint density at radius 3 is 2.68 bits per heavy atom. The molecule has 3 aromatic heterocycles. The molecule has 0 atom stereocenters. The molecule has 3 heterocycles. The van der Waals surface area contributed by atoms with Crippen LogP contribution in [0, 0.1) is 6.92 Å². The Morgan fingerprint density at radius 1 is 1.00 bits per heavy atom. The number of nitrogens with zero attached hydrogens (tertiary/aromatic N) is 3. The van der Waals surface area contributed by atoms with Gasteiger partial charge in [0.2, 0.25) is 0 Å². The SMILES string of the molecule is Cc1c(-c2nccn2Cc2ccccn2)oc2ccccc12. The summed E-state index contributed by atoms with van der Waals surface area (Å²) < 4.78 is 8.08. The van der Waals surface area contributed by atoms with Gasteiger partial charge in [-0.25, -0.2) is 4.98 Å². The predicted octanol–water partition coefficient (Wildman–Crippen LogP) is 4.05. The van der Waals surface area contributed by atoms with E-state index in [9.17, 15) is 0 Å².